The summed E-state index contributed by atoms with van der Waals surface area (Å²) in [4.78, 5) is 7.41. The summed E-state index contributed by atoms with van der Waals surface area (Å²) in [7, 11) is 0. The molecule has 0 bridgehead atoms. The maximum atomic E-state index is 2.53. The number of unbranched alkanes of at least 4 members (excludes halogenated alkanes) is 15. The van der Waals surface area contributed by atoms with Crippen molar-refractivity contribution < 1.29 is 0 Å². The van der Waals surface area contributed by atoms with Crippen LogP contribution in [0.15, 0.2) is 39.1 Å². The molecule has 0 aromatic carbocycles. The summed E-state index contributed by atoms with van der Waals surface area (Å²) < 4.78 is 4.03. The number of hydrogen-bond donors (Lipinski definition) is 0. The van der Waals surface area contributed by atoms with Crippen molar-refractivity contribution in [1.29, 1.82) is 0 Å². The van der Waals surface area contributed by atoms with E-state index in [4.69, 9.17) is 0 Å². The van der Waals surface area contributed by atoms with Gasteiger partial charge in [0.05, 0.1) is 0 Å². The monoisotopic (exact) mass is 646 g/mol. The molecule has 184 valence electrons. The van der Waals surface area contributed by atoms with Crippen molar-refractivity contribution >= 4 is 44.0 Å². The molecule has 0 nitrogen and oxygen atoms in total. The zero-order valence-electron chi connectivity index (χ0n) is 21.0. The van der Waals surface area contributed by atoms with Crippen LogP contribution < -0.4 is 0 Å². The number of rotatable bonds is 19. The molecule has 3 heterocycles. The quantitative estimate of drug-likeness (QED) is 0.106. The van der Waals surface area contributed by atoms with Crippen molar-refractivity contribution in [3.63, 3.8) is 0 Å². The van der Waals surface area contributed by atoms with Gasteiger partial charge >= 0.3 is 179 Å². The first-order valence-electron chi connectivity index (χ1n) is 13.8. The van der Waals surface area contributed by atoms with Crippen LogP contribution in [0.4, 0.5) is 0 Å². The molecule has 1 aliphatic rings. The van der Waals surface area contributed by atoms with E-state index in [0.29, 0.717) is 48.3 Å². The second-order valence-electron chi connectivity index (χ2n) is 9.88. The van der Waals surface area contributed by atoms with E-state index in [0.717, 1.165) is 0 Å². The van der Waals surface area contributed by atoms with Crippen molar-refractivity contribution in [2.45, 2.75) is 127 Å². The zero-order chi connectivity index (χ0) is 23.0. The Kier molecular flexibility index (Phi) is 14.2. The molecule has 2 aromatic rings. The molecule has 1 atom stereocenters. The second-order valence-corrected chi connectivity index (χ2v) is 16.5. The molecule has 0 spiro atoms. The molecule has 1 unspecified atom stereocenters. The molecule has 0 fully saturated rings. The van der Waals surface area contributed by atoms with E-state index >= 15 is 0 Å². The van der Waals surface area contributed by atoms with Gasteiger partial charge in [0.15, 0.2) is 0 Å². The summed E-state index contributed by atoms with van der Waals surface area (Å²) in [6.45, 7) is 2.31. The summed E-state index contributed by atoms with van der Waals surface area (Å²) in [5, 5.41) is 0. The van der Waals surface area contributed by atoms with E-state index in [-0.39, 0.29) is 0 Å². The average Bonchev–Trinajstić information content (AvgIpc) is 3.60. The number of hydrogen-bond acceptors (Lipinski definition) is 0. The van der Waals surface area contributed by atoms with Crippen LogP contribution in [-0.4, -0.2) is 44.0 Å². The van der Waals surface area contributed by atoms with Crippen LogP contribution in [0.1, 0.15) is 127 Å². The van der Waals surface area contributed by atoms with Gasteiger partial charge in [-0.25, -0.2) is 0 Å². The van der Waals surface area contributed by atoms with Gasteiger partial charge in [-0.05, 0) is 0 Å². The van der Waals surface area contributed by atoms with Gasteiger partial charge in [0.1, 0.15) is 0 Å². The molecule has 0 radical (unpaired) electrons. The minimum absolute atomic E-state index is 0.529. The topological polar surface area (TPSA) is 0 Å². The van der Waals surface area contributed by atoms with Gasteiger partial charge in [-0.15, -0.1) is 0 Å². The molecule has 33 heavy (non-hydrogen) atoms. The molecular formula is C30H46Se3. The van der Waals surface area contributed by atoms with Crippen molar-refractivity contribution in [2.24, 2.45) is 0 Å². The Morgan fingerprint density at radius 3 is 1.82 bits per heavy atom. The van der Waals surface area contributed by atoms with E-state index in [1.165, 1.54) is 116 Å². The first-order chi connectivity index (χ1) is 16.4. The predicted octanol–water partition coefficient (Wildman–Crippen LogP) is 8.94. The Morgan fingerprint density at radius 2 is 1.30 bits per heavy atom. The van der Waals surface area contributed by atoms with Crippen LogP contribution in [0.25, 0.3) is 10.0 Å². The number of allylic oxidation sites excluding steroid dienone is 1. The summed E-state index contributed by atoms with van der Waals surface area (Å²) in [6.07, 6.45) is 28.6. The van der Waals surface area contributed by atoms with E-state index in [9.17, 15) is 0 Å². The standard InChI is InChI=1S/C30H46Se3/c1-2-3-4-5-6-7-8-9-10-11-12-13-14-15-16-17-22-30(23-19-25-33-30)29-27(21-26-32-29)28-20-18-24-31-28/h18-21,24-26H,2-17,22-23H2,1H3. The Balaban J connectivity index is 1.22. The van der Waals surface area contributed by atoms with Crippen molar-refractivity contribution in [3.05, 3.63) is 43.6 Å². The van der Waals surface area contributed by atoms with Crippen molar-refractivity contribution in [3.8, 4) is 10.0 Å². The third kappa shape index (κ3) is 9.67. The van der Waals surface area contributed by atoms with Crippen molar-refractivity contribution in [1.82, 2.24) is 0 Å². The van der Waals surface area contributed by atoms with Crippen molar-refractivity contribution in [2.75, 3.05) is 0 Å². The zero-order valence-corrected chi connectivity index (χ0v) is 26.1. The fourth-order valence-electron chi connectivity index (χ4n) is 5.13. The van der Waals surface area contributed by atoms with Gasteiger partial charge < -0.3 is 0 Å². The fourth-order valence-corrected chi connectivity index (χ4v) is 12.7. The molecule has 0 saturated heterocycles. The first kappa shape index (κ1) is 27.8. The molecule has 0 N–H and O–H groups in total. The summed E-state index contributed by atoms with van der Waals surface area (Å²) in [5.74, 6) is 0. The van der Waals surface area contributed by atoms with E-state index in [2.05, 4.69) is 46.1 Å². The van der Waals surface area contributed by atoms with Crippen LogP contribution >= 0.6 is 0 Å². The van der Waals surface area contributed by atoms with Crippen LogP contribution in [0.5, 0.6) is 0 Å². The molecular weight excluding hydrogens is 597 g/mol. The van der Waals surface area contributed by atoms with E-state index in [1.54, 1.807) is 10.0 Å². The van der Waals surface area contributed by atoms with Crippen LogP contribution in [0.2, 0.25) is 0 Å². The third-order valence-corrected chi connectivity index (χ3v) is 14.9. The average molecular weight is 644 g/mol. The van der Waals surface area contributed by atoms with Crippen LogP contribution in [0, 0.1) is 0 Å². The predicted molar refractivity (Wildman–Crippen MR) is 151 cm³/mol. The van der Waals surface area contributed by atoms with Gasteiger partial charge in [0.25, 0.3) is 0 Å². The Labute approximate surface area is 223 Å². The van der Waals surface area contributed by atoms with Gasteiger partial charge in [0.2, 0.25) is 0 Å². The van der Waals surface area contributed by atoms with Crippen LogP contribution in [-0.2, 0) is 4.31 Å². The van der Waals surface area contributed by atoms with Gasteiger partial charge in [-0.3, -0.25) is 0 Å². The van der Waals surface area contributed by atoms with Crippen LogP contribution in [0.3, 0.4) is 0 Å². The fraction of sp³-hybridized carbons (Fsp3) is 0.667. The maximum absolute atomic E-state index is 2.53. The summed E-state index contributed by atoms with van der Waals surface area (Å²) >= 11 is 1.83. The second kappa shape index (κ2) is 16.8. The Morgan fingerprint density at radius 1 is 0.697 bits per heavy atom. The van der Waals surface area contributed by atoms with Gasteiger partial charge in [0, 0.05) is 0 Å². The molecule has 3 heteroatoms. The summed E-state index contributed by atoms with van der Waals surface area (Å²) in [5.41, 5.74) is 1.65. The molecule has 2 aromatic heterocycles. The minimum atomic E-state index is 0.529. The summed E-state index contributed by atoms with van der Waals surface area (Å²) in [6, 6.07) is 7.14. The molecule has 3 rings (SSSR count). The third-order valence-electron chi connectivity index (χ3n) is 7.14. The normalized spacial score (nSPS) is 17.8. The van der Waals surface area contributed by atoms with Gasteiger partial charge in [-0.2, -0.15) is 0 Å². The van der Waals surface area contributed by atoms with Gasteiger partial charge in [-0.1, -0.05) is 45.4 Å². The van der Waals surface area contributed by atoms with E-state index < -0.39 is 0 Å². The first-order valence-corrected chi connectivity index (χ1v) is 19.3. The molecule has 1 aliphatic heterocycles. The molecule has 0 saturated carbocycles. The SMILES string of the molecule is CCCCCCCCCCCCCCCCCCC1(c2[se]ccc2-c2ccc[se]2)CC=C[Se]1. The van der Waals surface area contributed by atoms with E-state index in [1.807, 2.05) is 4.44 Å². The Hall–Kier alpha value is 0.258. The molecule has 0 amide bonds. The molecule has 0 aliphatic carbocycles. The Bertz CT molecular complexity index is 747.